The molecule has 0 aliphatic heterocycles. The number of furan rings is 2. The van der Waals surface area contributed by atoms with Gasteiger partial charge in [0.2, 0.25) is 0 Å². The van der Waals surface area contributed by atoms with Crippen molar-refractivity contribution in [3.8, 4) is 55.6 Å². The lowest BCUT2D eigenvalue weighted by molar-refractivity contribution is 0.590. The molecule has 0 N–H and O–H groups in total. The summed E-state index contributed by atoms with van der Waals surface area (Å²) < 4.78 is 14.0. The molecule has 0 fully saturated rings. The molecular weight excluding hydrogens is 959 g/mol. The predicted molar refractivity (Wildman–Crippen MR) is 330 cm³/mol. The number of hydrogen-bond acceptors (Lipinski definition) is 3. The van der Waals surface area contributed by atoms with E-state index in [4.69, 9.17) is 8.83 Å². The Morgan fingerprint density at radius 2 is 0.772 bits per heavy atom. The van der Waals surface area contributed by atoms with Crippen LogP contribution in [0.2, 0.25) is 0 Å². The van der Waals surface area contributed by atoms with Gasteiger partial charge in [-0.25, -0.2) is 0 Å². The molecule has 4 aliphatic rings. The summed E-state index contributed by atoms with van der Waals surface area (Å²) in [6.45, 7) is 26.3. The Morgan fingerprint density at radius 1 is 0.342 bits per heavy atom. The van der Waals surface area contributed by atoms with Crippen LogP contribution in [0.25, 0.3) is 99.5 Å². The van der Waals surface area contributed by atoms with Gasteiger partial charge in [0.25, 0.3) is 0 Å². The molecule has 0 unspecified atom stereocenters. The van der Waals surface area contributed by atoms with Crippen LogP contribution in [0.3, 0.4) is 0 Å². The predicted octanol–water partition coefficient (Wildman–Crippen LogP) is 21.1. The SMILES string of the molecule is CC(C)(C)c1ccc(-c2cc3c(c4c2oc2ccccc24)-c2ccc(N(c4ccc5c(c4)C(C)(C)c4ccccc4-5)c4ccc5c(c4)C(C)(C)c4c6c(c7oc8ccccc8c7c4-5)-c4ccccc4C6(C)C)cc2C3(C)C)cc1. The van der Waals surface area contributed by atoms with Crippen molar-refractivity contribution in [1.82, 2.24) is 0 Å². The van der Waals surface area contributed by atoms with Crippen LogP contribution < -0.4 is 4.90 Å². The zero-order chi connectivity index (χ0) is 54.0. The van der Waals surface area contributed by atoms with Crippen LogP contribution in [-0.4, -0.2) is 0 Å². The fourth-order valence-electron chi connectivity index (χ4n) is 15.5. The second kappa shape index (κ2) is 15.2. The lowest BCUT2D eigenvalue weighted by atomic mass is 9.72. The Hall–Kier alpha value is -8.40. The van der Waals surface area contributed by atoms with E-state index in [1.165, 1.54) is 116 Å². The van der Waals surface area contributed by atoms with Gasteiger partial charge in [0, 0.05) is 71.4 Å². The molecule has 0 atom stereocenters. The summed E-state index contributed by atoms with van der Waals surface area (Å²) in [6.07, 6.45) is 0. The molecule has 2 aromatic heterocycles. The minimum atomic E-state index is -0.352. The van der Waals surface area contributed by atoms with E-state index >= 15 is 0 Å². The number of rotatable bonds is 4. The maximum atomic E-state index is 7.06. The quantitative estimate of drug-likeness (QED) is 0.176. The normalized spacial score (nSPS) is 16.2. The van der Waals surface area contributed by atoms with Crippen molar-refractivity contribution in [2.24, 2.45) is 0 Å². The van der Waals surface area contributed by atoms with Crippen LogP contribution in [0, 0.1) is 0 Å². The maximum absolute atomic E-state index is 7.06. The molecule has 0 spiro atoms. The topological polar surface area (TPSA) is 29.5 Å². The number of fused-ring (bicyclic) bond motifs is 22. The molecule has 0 saturated heterocycles. The molecule has 0 saturated carbocycles. The highest BCUT2D eigenvalue weighted by Gasteiger charge is 2.49. The first-order valence-electron chi connectivity index (χ1n) is 28.4. The highest BCUT2D eigenvalue weighted by molar-refractivity contribution is 6.21. The summed E-state index contributed by atoms with van der Waals surface area (Å²) in [6, 6.07) is 68.8. The van der Waals surface area contributed by atoms with Gasteiger partial charge in [-0.1, -0.05) is 204 Å². The van der Waals surface area contributed by atoms with Gasteiger partial charge in [-0.2, -0.15) is 0 Å². The minimum Gasteiger partial charge on any atom is -0.455 e. The molecule has 16 rings (SSSR count). The number of anilines is 3. The zero-order valence-electron chi connectivity index (χ0n) is 47.1. The third-order valence-corrected chi connectivity index (χ3v) is 19.6. The maximum Gasteiger partial charge on any atom is 0.144 e. The number of nitrogens with zero attached hydrogens (tertiary/aromatic N) is 1. The van der Waals surface area contributed by atoms with Crippen molar-refractivity contribution < 1.29 is 8.83 Å². The van der Waals surface area contributed by atoms with Gasteiger partial charge in [0.15, 0.2) is 0 Å². The molecular formula is C76H63NO2. The zero-order valence-corrected chi connectivity index (χ0v) is 47.1. The molecule has 384 valence electrons. The molecule has 0 radical (unpaired) electrons. The van der Waals surface area contributed by atoms with Crippen LogP contribution in [-0.2, 0) is 27.1 Å². The second-order valence-electron chi connectivity index (χ2n) is 26.4. The van der Waals surface area contributed by atoms with Gasteiger partial charge in [-0.3, -0.25) is 0 Å². The summed E-state index contributed by atoms with van der Waals surface area (Å²) >= 11 is 0. The summed E-state index contributed by atoms with van der Waals surface area (Å²) in [5, 5.41) is 4.73. The molecule has 0 bridgehead atoms. The van der Waals surface area contributed by atoms with Crippen LogP contribution in [0.15, 0.2) is 191 Å². The standard InChI is InChI=1S/C76H63NO2/c1-72(2,3)43-30-28-42(29-31-43)54-41-60-63(65-52-22-14-18-26-61(52)78-70(54)65)50-36-33-45(39-58(50)74(60,6)7)77(44-32-35-48-47-20-12-16-24-55(47)73(4,5)57(48)38-44)46-34-37-51-59(40-46)76(10,11)68-64(51)66-53-23-15-19-27-62(53)79-71(66)67-49-21-13-17-25-56(49)75(8,9)69(67)68/h12-41H,1-11H3. The molecule has 3 heteroatoms. The first-order chi connectivity index (χ1) is 37.8. The summed E-state index contributed by atoms with van der Waals surface area (Å²) in [4.78, 5) is 2.55. The summed E-state index contributed by atoms with van der Waals surface area (Å²) in [5.41, 5.74) is 30.9. The molecule has 0 amide bonds. The molecule has 4 aliphatic carbocycles. The van der Waals surface area contributed by atoms with Crippen molar-refractivity contribution in [1.29, 1.82) is 0 Å². The van der Waals surface area contributed by atoms with Crippen LogP contribution in [0.4, 0.5) is 17.1 Å². The Labute approximate surface area is 463 Å². The van der Waals surface area contributed by atoms with Crippen molar-refractivity contribution in [3.05, 3.63) is 232 Å². The summed E-state index contributed by atoms with van der Waals surface area (Å²) in [5.74, 6) is 0. The monoisotopic (exact) mass is 1020 g/mol. The molecule has 10 aromatic carbocycles. The van der Waals surface area contributed by atoms with Gasteiger partial charge >= 0.3 is 0 Å². The van der Waals surface area contributed by atoms with E-state index in [2.05, 4.69) is 263 Å². The lowest BCUT2D eigenvalue weighted by Crippen LogP contribution is -2.24. The van der Waals surface area contributed by atoms with Crippen LogP contribution >= 0.6 is 0 Å². The Morgan fingerprint density at radius 3 is 1.39 bits per heavy atom. The first kappa shape index (κ1) is 46.7. The first-order valence-corrected chi connectivity index (χ1v) is 28.4. The van der Waals surface area contributed by atoms with E-state index < -0.39 is 0 Å². The highest BCUT2D eigenvalue weighted by Crippen LogP contribution is 2.64. The Kier molecular flexibility index (Phi) is 9.00. The second-order valence-corrected chi connectivity index (χ2v) is 26.4. The Balaban J connectivity index is 0.922. The fourth-order valence-corrected chi connectivity index (χ4v) is 15.5. The van der Waals surface area contributed by atoms with Crippen molar-refractivity contribution in [3.63, 3.8) is 0 Å². The lowest BCUT2D eigenvalue weighted by Gasteiger charge is -2.32. The molecule has 3 nitrogen and oxygen atoms in total. The molecule has 12 aromatic rings. The average molecular weight is 1020 g/mol. The largest absolute Gasteiger partial charge is 0.455 e. The minimum absolute atomic E-state index is 0.0508. The van der Waals surface area contributed by atoms with E-state index in [0.29, 0.717) is 0 Å². The number of hydrogen-bond donors (Lipinski definition) is 0. The van der Waals surface area contributed by atoms with E-state index in [0.717, 1.165) is 50.3 Å². The number of para-hydroxylation sites is 2. The van der Waals surface area contributed by atoms with E-state index in [1.54, 1.807) is 0 Å². The van der Waals surface area contributed by atoms with Gasteiger partial charge in [0.05, 0.1) is 0 Å². The van der Waals surface area contributed by atoms with E-state index in [9.17, 15) is 0 Å². The highest BCUT2D eigenvalue weighted by atomic mass is 16.3. The van der Waals surface area contributed by atoms with Crippen LogP contribution in [0.5, 0.6) is 0 Å². The number of benzene rings is 10. The van der Waals surface area contributed by atoms with E-state index in [1.807, 2.05) is 0 Å². The molecule has 2 heterocycles. The van der Waals surface area contributed by atoms with Gasteiger partial charge < -0.3 is 13.7 Å². The third kappa shape index (κ3) is 5.98. The van der Waals surface area contributed by atoms with Crippen molar-refractivity contribution >= 4 is 60.9 Å². The van der Waals surface area contributed by atoms with E-state index in [-0.39, 0.29) is 27.1 Å². The third-order valence-electron chi connectivity index (χ3n) is 19.6. The van der Waals surface area contributed by atoms with Crippen molar-refractivity contribution in [2.75, 3.05) is 4.90 Å². The van der Waals surface area contributed by atoms with Gasteiger partial charge in [-0.05, 0) is 155 Å². The van der Waals surface area contributed by atoms with Crippen LogP contribution in [0.1, 0.15) is 126 Å². The van der Waals surface area contributed by atoms with Crippen molar-refractivity contribution in [2.45, 2.75) is 103 Å². The van der Waals surface area contributed by atoms with Gasteiger partial charge in [0.1, 0.15) is 22.3 Å². The fraction of sp³-hybridized carbons (Fsp3) is 0.211. The molecule has 79 heavy (non-hydrogen) atoms. The summed E-state index contributed by atoms with van der Waals surface area (Å²) in [7, 11) is 0. The Bertz CT molecular complexity index is 4690. The van der Waals surface area contributed by atoms with Gasteiger partial charge in [-0.15, -0.1) is 0 Å². The average Bonchev–Trinajstić information content (AvgIpc) is 3.54. The smallest absolute Gasteiger partial charge is 0.144 e.